The minimum absolute atomic E-state index is 0.146. The van der Waals surface area contributed by atoms with Crippen molar-refractivity contribution in [3.05, 3.63) is 35.9 Å². The molecule has 1 aromatic rings. The minimum atomic E-state index is -0.600. The molecule has 22 heavy (non-hydrogen) atoms. The van der Waals surface area contributed by atoms with Crippen molar-refractivity contribution in [2.24, 2.45) is 5.16 Å². The Labute approximate surface area is 129 Å². The summed E-state index contributed by atoms with van der Waals surface area (Å²) in [6.45, 7) is 3.84. The molecule has 1 aromatic carbocycles. The van der Waals surface area contributed by atoms with E-state index < -0.39 is 11.7 Å². The molecule has 0 saturated carbocycles. The van der Waals surface area contributed by atoms with Crippen molar-refractivity contribution < 1.29 is 19.2 Å². The number of hydrogen-bond acceptors (Lipinski definition) is 5. The van der Waals surface area contributed by atoms with Crippen LogP contribution in [0.15, 0.2) is 35.5 Å². The van der Waals surface area contributed by atoms with Gasteiger partial charge in [0.2, 0.25) is 0 Å². The molecule has 0 spiro atoms. The predicted octanol–water partition coefficient (Wildman–Crippen LogP) is 1.40. The van der Waals surface area contributed by atoms with Crippen molar-refractivity contribution in [1.29, 1.82) is 0 Å². The maximum atomic E-state index is 12.2. The van der Waals surface area contributed by atoms with Gasteiger partial charge in [-0.15, -0.1) is 0 Å². The largest absolute Gasteiger partial charge is 0.391 e. The van der Waals surface area contributed by atoms with Crippen molar-refractivity contribution in [2.45, 2.75) is 20.0 Å². The Kier molecular flexibility index (Phi) is 6.09. The lowest BCUT2D eigenvalue weighted by atomic mass is 10.1. The number of nitrogens with zero attached hydrogens (tertiary/aromatic N) is 2. The summed E-state index contributed by atoms with van der Waals surface area (Å²) in [7, 11) is 0. The van der Waals surface area contributed by atoms with E-state index in [9.17, 15) is 9.59 Å². The number of carbonyl (C=O) groups excluding carboxylic acids is 2. The number of Topliss-reactive ketones (excluding diaryl/α,β-unsaturated/α-hetero) is 1. The van der Waals surface area contributed by atoms with E-state index in [2.05, 4.69) is 5.16 Å². The Morgan fingerprint density at radius 1 is 1.23 bits per heavy atom. The van der Waals surface area contributed by atoms with Crippen LogP contribution in [0.5, 0.6) is 0 Å². The third-order valence-corrected chi connectivity index (χ3v) is 3.34. The van der Waals surface area contributed by atoms with Gasteiger partial charge in [0.05, 0.1) is 13.2 Å². The van der Waals surface area contributed by atoms with Crippen LogP contribution in [0, 0.1) is 0 Å². The third kappa shape index (κ3) is 4.39. The van der Waals surface area contributed by atoms with E-state index >= 15 is 0 Å². The maximum absolute atomic E-state index is 12.2. The van der Waals surface area contributed by atoms with E-state index in [1.807, 2.05) is 30.3 Å². The van der Waals surface area contributed by atoms with Gasteiger partial charge in [-0.2, -0.15) is 0 Å². The van der Waals surface area contributed by atoms with Gasteiger partial charge in [0.25, 0.3) is 11.7 Å². The van der Waals surface area contributed by atoms with Crippen molar-refractivity contribution in [3.63, 3.8) is 0 Å². The highest BCUT2D eigenvalue weighted by Gasteiger charge is 2.27. The summed E-state index contributed by atoms with van der Waals surface area (Å²) in [6.07, 6.45) is 0.351. The first-order chi connectivity index (χ1) is 10.7. The van der Waals surface area contributed by atoms with E-state index in [0.29, 0.717) is 32.7 Å². The molecule has 1 aliphatic heterocycles. The molecule has 0 bridgehead atoms. The van der Waals surface area contributed by atoms with E-state index in [0.717, 1.165) is 5.56 Å². The van der Waals surface area contributed by atoms with Gasteiger partial charge in [-0.05, 0) is 12.0 Å². The van der Waals surface area contributed by atoms with Crippen LogP contribution in [0.3, 0.4) is 0 Å². The SMILES string of the molecule is CC/C(=N\OCc1ccccc1)C(=O)C(=O)N1CCOCC1. The summed E-state index contributed by atoms with van der Waals surface area (Å²) < 4.78 is 5.17. The van der Waals surface area contributed by atoms with Crippen molar-refractivity contribution in [1.82, 2.24) is 4.90 Å². The van der Waals surface area contributed by atoms with Crippen LogP contribution in [0.25, 0.3) is 0 Å². The van der Waals surface area contributed by atoms with Crippen LogP contribution in [0.1, 0.15) is 18.9 Å². The molecular formula is C16H20N2O4. The maximum Gasteiger partial charge on any atom is 0.296 e. The fraction of sp³-hybridized carbons (Fsp3) is 0.438. The molecule has 118 valence electrons. The Hall–Kier alpha value is -2.21. The van der Waals surface area contributed by atoms with Gasteiger partial charge in [0.1, 0.15) is 12.3 Å². The smallest absolute Gasteiger partial charge is 0.296 e. The Balaban J connectivity index is 1.92. The van der Waals surface area contributed by atoms with Crippen molar-refractivity contribution in [3.8, 4) is 0 Å². The van der Waals surface area contributed by atoms with Gasteiger partial charge < -0.3 is 14.5 Å². The van der Waals surface area contributed by atoms with Crippen LogP contribution in [0.2, 0.25) is 0 Å². The molecule has 0 unspecified atom stereocenters. The van der Waals surface area contributed by atoms with E-state index in [1.54, 1.807) is 6.92 Å². The highest BCUT2D eigenvalue weighted by molar-refractivity contribution is 6.64. The quantitative estimate of drug-likeness (QED) is 0.452. The normalized spacial score (nSPS) is 15.5. The summed E-state index contributed by atoms with van der Waals surface area (Å²) >= 11 is 0. The number of morpholine rings is 1. The molecular weight excluding hydrogens is 284 g/mol. The zero-order valence-corrected chi connectivity index (χ0v) is 12.7. The second-order valence-corrected chi connectivity index (χ2v) is 4.88. The first kappa shape index (κ1) is 16.2. The summed E-state index contributed by atoms with van der Waals surface area (Å²) in [4.78, 5) is 31.0. The Morgan fingerprint density at radius 3 is 2.55 bits per heavy atom. The zero-order chi connectivity index (χ0) is 15.8. The predicted molar refractivity (Wildman–Crippen MR) is 81.4 cm³/mol. The average molecular weight is 304 g/mol. The molecule has 1 fully saturated rings. The molecule has 0 aliphatic carbocycles. The van der Waals surface area contributed by atoms with E-state index in [-0.39, 0.29) is 12.3 Å². The summed E-state index contributed by atoms with van der Waals surface area (Å²) in [5, 5.41) is 3.84. The summed E-state index contributed by atoms with van der Waals surface area (Å²) in [5.74, 6) is -1.13. The second-order valence-electron chi connectivity index (χ2n) is 4.88. The molecule has 6 heteroatoms. The molecule has 1 amide bonds. The van der Waals surface area contributed by atoms with Crippen molar-refractivity contribution in [2.75, 3.05) is 26.3 Å². The van der Waals surface area contributed by atoms with Gasteiger partial charge in [-0.25, -0.2) is 0 Å². The summed E-state index contributed by atoms with van der Waals surface area (Å²) in [6, 6.07) is 9.52. The first-order valence-electron chi connectivity index (χ1n) is 7.36. The lowest BCUT2D eigenvalue weighted by Gasteiger charge is -2.26. The number of amides is 1. The standard InChI is InChI=1S/C16H20N2O4/c1-2-14(17-22-12-13-6-4-3-5-7-13)15(19)16(20)18-8-10-21-11-9-18/h3-7H,2,8-12H2,1H3/b17-14+. The number of carbonyl (C=O) groups is 2. The van der Waals surface area contributed by atoms with Gasteiger partial charge in [-0.3, -0.25) is 9.59 Å². The van der Waals surface area contributed by atoms with Gasteiger partial charge in [0, 0.05) is 13.1 Å². The molecule has 6 nitrogen and oxygen atoms in total. The molecule has 2 rings (SSSR count). The van der Waals surface area contributed by atoms with Crippen LogP contribution >= 0.6 is 0 Å². The van der Waals surface area contributed by atoms with E-state index in [4.69, 9.17) is 9.57 Å². The monoisotopic (exact) mass is 304 g/mol. The number of ketones is 1. The molecule has 0 atom stereocenters. The zero-order valence-electron chi connectivity index (χ0n) is 12.7. The molecule has 1 heterocycles. The Bertz CT molecular complexity index is 536. The second kappa shape index (κ2) is 8.29. The molecule has 0 aromatic heterocycles. The number of ether oxygens (including phenoxy) is 1. The fourth-order valence-electron chi connectivity index (χ4n) is 2.06. The molecule has 0 radical (unpaired) electrons. The van der Waals surface area contributed by atoms with Crippen LogP contribution in [-0.4, -0.2) is 48.6 Å². The highest BCUT2D eigenvalue weighted by Crippen LogP contribution is 2.04. The number of hydrogen-bond donors (Lipinski definition) is 0. The average Bonchev–Trinajstić information content (AvgIpc) is 2.59. The highest BCUT2D eigenvalue weighted by atomic mass is 16.6. The molecule has 0 N–H and O–H groups in total. The first-order valence-corrected chi connectivity index (χ1v) is 7.36. The van der Waals surface area contributed by atoms with Gasteiger partial charge >= 0.3 is 0 Å². The van der Waals surface area contributed by atoms with Crippen LogP contribution in [0.4, 0.5) is 0 Å². The topological polar surface area (TPSA) is 68.2 Å². The van der Waals surface area contributed by atoms with Crippen LogP contribution in [-0.2, 0) is 25.8 Å². The third-order valence-electron chi connectivity index (χ3n) is 3.34. The molecule has 1 saturated heterocycles. The lowest BCUT2D eigenvalue weighted by molar-refractivity contribution is -0.144. The lowest BCUT2D eigenvalue weighted by Crippen LogP contribution is -2.45. The number of oxime groups is 1. The van der Waals surface area contributed by atoms with E-state index in [1.165, 1.54) is 4.90 Å². The number of rotatable bonds is 6. The fourth-order valence-corrected chi connectivity index (χ4v) is 2.06. The van der Waals surface area contributed by atoms with Crippen LogP contribution < -0.4 is 0 Å². The van der Waals surface area contributed by atoms with Gasteiger partial charge in [-0.1, -0.05) is 42.4 Å². The van der Waals surface area contributed by atoms with Gasteiger partial charge in [0.15, 0.2) is 0 Å². The van der Waals surface area contributed by atoms with Crippen molar-refractivity contribution >= 4 is 17.4 Å². The molecule has 1 aliphatic rings. The number of benzene rings is 1. The Morgan fingerprint density at radius 2 is 1.91 bits per heavy atom. The minimum Gasteiger partial charge on any atom is -0.391 e. The summed E-state index contributed by atoms with van der Waals surface area (Å²) in [5.41, 5.74) is 1.10.